The van der Waals surface area contributed by atoms with E-state index in [1.807, 2.05) is 5.32 Å². The van der Waals surface area contributed by atoms with Crippen molar-refractivity contribution in [3.8, 4) is 0 Å². The summed E-state index contributed by atoms with van der Waals surface area (Å²) in [7, 11) is -3.12. The molecule has 1 N–H and O–H groups in total. The molecule has 0 bridgehead atoms. The van der Waals surface area contributed by atoms with Crippen molar-refractivity contribution in [3.63, 3.8) is 0 Å². The molecule has 0 aliphatic heterocycles. The van der Waals surface area contributed by atoms with E-state index < -0.39 is 28.3 Å². The molecule has 0 rings (SSSR count). The lowest BCUT2D eigenvalue weighted by atomic mass is 10.2. The zero-order valence-corrected chi connectivity index (χ0v) is 9.62. The molecule has 0 heterocycles. The Morgan fingerprint density at radius 3 is 2.31 bits per heavy atom. The minimum Gasteiger partial charge on any atom is -0.302 e. The van der Waals surface area contributed by atoms with Gasteiger partial charge in [-0.2, -0.15) is 13.2 Å². The number of rotatable bonds is 7. The molecule has 0 aliphatic carbocycles. The second kappa shape index (κ2) is 6.19. The molecular formula is C8H14F3NO3S. The van der Waals surface area contributed by atoms with Crippen molar-refractivity contribution in [2.45, 2.75) is 19.0 Å². The predicted molar refractivity (Wildman–Crippen MR) is 52.9 cm³/mol. The molecule has 16 heavy (non-hydrogen) atoms. The van der Waals surface area contributed by atoms with E-state index in [2.05, 4.69) is 0 Å². The van der Waals surface area contributed by atoms with Crippen LogP contribution in [-0.4, -0.2) is 45.5 Å². The number of halogens is 3. The molecule has 8 heteroatoms. The van der Waals surface area contributed by atoms with Gasteiger partial charge in [-0.15, -0.1) is 0 Å². The van der Waals surface area contributed by atoms with Crippen LogP contribution in [0.3, 0.4) is 0 Å². The number of sulfone groups is 1. The van der Waals surface area contributed by atoms with Crippen LogP contribution in [0.4, 0.5) is 13.2 Å². The van der Waals surface area contributed by atoms with Gasteiger partial charge in [-0.25, -0.2) is 8.42 Å². The van der Waals surface area contributed by atoms with Gasteiger partial charge in [0.1, 0.15) is 15.6 Å². The highest BCUT2D eigenvalue weighted by atomic mass is 32.2. The maximum absolute atomic E-state index is 11.7. The summed E-state index contributed by atoms with van der Waals surface area (Å²) in [5.74, 6) is -0.550. The van der Waals surface area contributed by atoms with Gasteiger partial charge in [0.25, 0.3) is 0 Å². The SMILES string of the molecule is CS(=O)(=O)CCCC(=O)CNCC(F)(F)F. The van der Waals surface area contributed by atoms with Gasteiger partial charge in [0, 0.05) is 12.7 Å². The minimum absolute atomic E-state index is 0.0298. The highest BCUT2D eigenvalue weighted by Gasteiger charge is 2.26. The third kappa shape index (κ3) is 11.4. The Kier molecular flexibility index (Phi) is 5.95. The van der Waals surface area contributed by atoms with E-state index in [0.717, 1.165) is 6.26 Å². The van der Waals surface area contributed by atoms with Gasteiger partial charge in [-0.3, -0.25) is 4.79 Å². The first kappa shape index (κ1) is 15.4. The Morgan fingerprint density at radius 2 is 1.88 bits per heavy atom. The van der Waals surface area contributed by atoms with E-state index in [0.29, 0.717) is 0 Å². The Balaban J connectivity index is 3.61. The maximum atomic E-state index is 11.7. The lowest BCUT2D eigenvalue weighted by Gasteiger charge is -2.07. The van der Waals surface area contributed by atoms with Crippen LogP contribution in [0.15, 0.2) is 0 Å². The third-order valence-corrected chi connectivity index (χ3v) is 2.65. The van der Waals surface area contributed by atoms with Crippen LogP contribution in [0.1, 0.15) is 12.8 Å². The van der Waals surface area contributed by atoms with Gasteiger partial charge in [-0.05, 0) is 6.42 Å². The van der Waals surface area contributed by atoms with Gasteiger partial charge in [0.15, 0.2) is 0 Å². The van der Waals surface area contributed by atoms with Crippen LogP contribution >= 0.6 is 0 Å². The van der Waals surface area contributed by atoms with Crippen molar-refractivity contribution in [2.24, 2.45) is 0 Å². The van der Waals surface area contributed by atoms with E-state index >= 15 is 0 Å². The summed E-state index contributed by atoms with van der Waals surface area (Å²) in [5.41, 5.74) is 0. The summed E-state index contributed by atoms with van der Waals surface area (Å²) in [6.07, 6.45) is -3.18. The van der Waals surface area contributed by atoms with Gasteiger partial charge >= 0.3 is 6.18 Å². The maximum Gasteiger partial charge on any atom is 0.401 e. The van der Waals surface area contributed by atoms with Crippen molar-refractivity contribution < 1.29 is 26.4 Å². The molecule has 0 fully saturated rings. The summed E-state index contributed by atoms with van der Waals surface area (Å²) < 4.78 is 56.3. The number of nitrogens with one attached hydrogen (secondary N) is 1. The highest BCUT2D eigenvalue weighted by molar-refractivity contribution is 7.90. The molecule has 0 radical (unpaired) electrons. The summed E-state index contributed by atoms with van der Waals surface area (Å²) in [5, 5.41) is 1.95. The zero-order valence-electron chi connectivity index (χ0n) is 8.80. The number of alkyl halides is 3. The van der Waals surface area contributed by atoms with Crippen molar-refractivity contribution in [1.82, 2.24) is 5.32 Å². The quantitative estimate of drug-likeness (QED) is 0.726. The molecule has 0 saturated carbocycles. The molecule has 0 aromatic carbocycles. The van der Waals surface area contributed by atoms with Crippen molar-refractivity contribution in [3.05, 3.63) is 0 Å². The monoisotopic (exact) mass is 261 g/mol. The molecule has 0 aromatic rings. The first-order chi connectivity index (χ1) is 7.10. The van der Waals surface area contributed by atoms with E-state index in [1.165, 1.54) is 0 Å². The number of carbonyl (C=O) groups excluding carboxylic acids is 1. The molecule has 0 aromatic heterocycles. The molecular weight excluding hydrogens is 247 g/mol. The highest BCUT2D eigenvalue weighted by Crippen LogP contribution is 2.11. The normalized spacial score (nSPS) is 12.8. The summed E-state index contributed by atoms with van der Waals surface area (Å²) >= 11 is 0. The second-order valence-electron chi connectivity index (χ2n) is 3.49. The van der Waals surface area contributed by atoms with Gasteiger partial charge in [0.2, 0.25) is 0 Å². The van der Waals surface area contributed by atoms with Crippen molar-refractivity contribution in [1.29, 1.82) is 0 Å². The molecule has 4 nitrogen and oxygen atoms in total. The fourth-order valence-corrected chi connectivity index (χ4v) is 1.63. The lowest BCUT2D eigenvalue weighted by molar-refractivity contribution is -0.127. The van der Waals surface area contributed by atoms with E-state index in [-0.39, 0.29) is 25.1 Å². The summed E-state index contributed by atoms with van der Waals surface area (Å²) in [6.45, 7) is -1.60. The van der Waals surface area contributed by atoms with E-state index in [4.69, 9.17) is 0 Å². The standard InChI is InChI=1S/C8H14F3NO3S/c1-16(14,15)4-2-3-7(13)5-12-6-8(9,10)11/h12H,2-6H2,1H3. The fraction of sp³-hybridized carbons (Fsp3) is 0.875. The fourth-order valence-electron chi connectivity index (χ4n) is 0.964. The molecule has 0 amide bonds. The van der Waals surface area contributed by atoms with Crippen LogP contribution in [0.5, 0.6) is 0 Å². The molecule has 0 aliphatic rings. The Morgan fingerprint density at radius 1 is 1.31 bits per heavy atom. The van der Waals surface area contributed by atoms with Gasteiger partial charge in [0.05, 0.1) is 18.8 Å². The predicted octanol–water partition coefficient (Wildman–Crippen LogP) is 0.532. The number of hydrogen-bond donors (Lipinski definition) is 1. The summed E-state index contributed by atoms with van der Waals surface area (Å²) in [6, 6.07) is 0. The molecule has 0 atom stereocenters. The summed E-state index contributed by atoms with van der Waals surface area (Å²) in [4.78, 5) is 11.0. The number of ketones is 1. The van der Waals surface area contributed by atoms with E-state index in [9.17, 15) is 26.4 Å². The average molecular weight is 261 g/mol. The van der Waals surface area contributed by atoms with Crippen molar-refractivity contribution >= 4 is 15.6 Å². The number of hydrogen-bond acceptors (Lipinski definition) is 4. The molecule has 0 saturated heterocycles. The zero-order chi connectivity index (χ0) is 12.8. The van der Waals surface area contributed by atoms with Gasteiger partial charge < -0.3 is 5.32 Å². The average Bonchev–Trinajstić information content (AvgIpc) is 1.98. The van der Waals surface area contributed by atoms with Crippen molar-refractivity contribution in [2.75, 3.05) is 25.1 Å². The molecule has 96 valence electrons. The van der Waals surface area contributed by atoms with Gasteiger partial charge in [-0.1, -0.05) is 0 Å². The first-order valence-corrected chi connectivity index (χ1v) is 6.63. The van der Waals surface area contributed by atoms with Crippen LogP contribution < -0.4 is 5.32 Å². The third-order valence-electron chi connectivity index (χ3n) is 1.62. The molecule has 0 spiro atoms. The number of Topliss-reactive ketones (excluding diaryl/α,β-unsaturated/α-hetero) is 1. The Bertz CT molecular complexity index is 324. The minimum atomic E-state index is -4.34. The van der Waals surface area contributed by atoms with Crippen LogP contribution in [0, 0.1) is 0 Å². The van der Waals surface area contributed by atoms with Crippen LogP contribution in [0.2, 0.25) is 0 Å². The lowest BCUT2D eigenvalue weighted by Crippen LogP contribution is -2.32. The number of carbonyl (C=O) groups is 1. The molecule has 0 unspecified atom stereocenters. The smallest absolute Gasteiger partial charge is 0.302 e. The Hall–Kier alpha value is -0.630. The van der Waals surface area contributed by atoms with Crippen LogP contribution in [0.25, 0.3) is 0 Å². The van der Waals surface area contributed by atoms with E-state index in [1.54, 1.807) is 0 Å². The topological polar surface area (TPSA) is 63.2 Å². The second-order valence-corrected chi connectivity index (χ2v) is 5.75. The largest absolute Gasteiger partial charge is 0.401 e. The first-order valence-electron chi connectivity index (χ1n) is 4.57. The Labute approximate surface area is 92.1 Å². The van der Waals surface area contributed by atoms with Crippen LogP contribution in [-0.2, 0) is 14.6 Å².